The molecule has 8 nitrogen and oxygen atoms in total. The summed E-state index contributed by atoms with van der Waals surface area (Å²) < 4.78 is 0. The fourth-order valence-corrected chi connectivity index (χ4v) is 3.03. The molecule has 26 heavy (non-hydrogen) atoms. The van der Waals surface area contributed by atoms with Gasteiger partial charge in [-0.25, -0.2) is 4.98 Å². The van der Waals surface area contributed by atoms with Gasteiger partial charge in [-0.1, -0.05) is 6.42 Å². The second-order valence-electron chi connectivity index (χ2n) is 6.47. The first-order chi connectivity index (χ1) is 12.5. The van der Waals surface area contributed by atoms with Crippen molar-refractivity contribution < 1.29 is 9.72 Å². The van der Waals surface area contributed by atoms with Gasteiger partial charge in [0.15, 0.2) is 0 Å². The summed E-state index contributed by atoms with van der Waals surface area (Å²) in [7, 11) is 0. The normalized spacial score (nSPS) is 14.2. The Kier molecular flexibility index (Phi) is 3.80. The number of nitro groups is 1. The van der Waals surface area contributed by atoms with Crippen LogP contribution in [0.4, 0.5) is 17.1 Å². The number of nitrogen functional groups attached to an aromatic ring is 1. The maximum Gasteiger partial charge on any atom is 0.292 e. The lowest BCUT2D eigenvalue weighted by molar-refractivity contribution is -0.383. The molecule has 1 fully saturated rings. The van der Waals surface area contributed by atoms with Crippen LogP contribution in [0.5, 0.6) is 0 Å². The topological polar surface area (TPSA) is 127 Å². The van der Waals surface area contributed by atoms with Crippen molar-refractivity contribution in [3.63, 3.8) is 0 Å². The molecule has 1 saturated carbocycles. The summed E-state index contributed by atoms with van der Waals surface area (Å²) in [5.74, 6) is 1.05. The van der Waals surface area contributed by atoms with Gasteiger partial charge in [0.25, 0.3) is 11.6 Å². The average molecular weight is 351 g/mol. The molecule has 0 spiro atoms. The highest BCUT2D eigenvalue weighted by Gasteiger charge is 2.22. The van der Waals surface area contributed by atoms with Crippen molar-refractivity contribution in [2.24, 2.45) is 0 Å². The van der Waals surface area contributed by atoms with E-state index in [1.165, 1.54) is 24.6 Å². The van der Waals surface area contributed by atoms with E-state index in [0.717, 1.165) is 29.7 Å². The summed E-state index contributed by atoms with van der Waals surface area (Å²) in [6.45, 7) is 0. The molecule has 2 aromatic carbocycles. The molecular formula is C18H17N5O3. The van der Waals surface area contributed by atoms with Crippen LogP contribution in [-0.4, -0.2) is 20.8 Å². The zero-order chi connectivity index (χ0) is 18.3. The summed E-state index contributed by atoms with van der Waals surface area (Å²) in [6, 6.07) is 9.41. The van der Waals surface area contributed by atoms with Gasteiger partial charge >= 0.3 is 0 Å². The molecule has 1 aliphatic rings. The number of aromatic nitrogens is 2. The van der Waals surface area contributed by atoms with Crippen molar-refractivity contribution in [3.05, 3.63) is 57.9 Å². The van der Waals surface area contributed by atoms with E-state index in [2.05, 4.69) is 15.3 Å². The highest BCUT2D eigenvalue weighted by Crippen LogP contribution is 2.35. The predicted octanol–water partition coefficient (Wildman–Crippen LogP) is 3.57. The Balaban J connectivity index is 1.57. The van der Waals surface area contributed by atoms with E-state index in [-0.39, 0.29) is 16.9 Å². The fourth-order valence-electron chi connectivity index (χ4n) is 3.03. The largest absolute Gasteiger partial charge is 0.393 e. The SMILES string of the molecule is Nc1ccc(C(=O)Nc2ccc3nc(C4CCC4)[nH]c3c2)cc1[N+](=O)[O-]. The summed E-state index contributed by atoms with van der Waals surface area (Å²) in [6.07, 6.45) is 3.54. The molecule has 0 atom stereocenters. The molecule has 3 aromatic rings. The van der Waals surface area contributed by atoms with E-state index in [9.17, 15) is 14.9 Å². The number of carbonyl (C=O) groups is 1. The van der Waals surface area contributed by atoms with E-state index in [4.69, 9.17) is 5.73 Å². The summed E-state index contributed by atoms with van der Waals surface area (Å²) in [5.41, 5.74) is 7.77. The maximum atomic E-state index is 12.4. The number of H-pyrrole nitrogens is 1. The number of anilines is 2. The fraction of sp³-hybridized carbons (Fsp3) is 0.222. The van der Waals surface area contributed by atoms with Crippen LogP contribution in [0.1, 0.15) is 41.4 Å². The van der Waals surface area contributed by atoms with E-state index >= 15 is 0 Å². The second kappa shape index (κ2) is 6.14. The zero-order valence-corrected chi connectivity index (χ0v) is 13.9. The third-order valence-electron chi connectivity index (χ3n) is 4.74. The maximum absolute atomic E-state index is 12.4. The molecule has 0 bridgehead atoms. The van der Waals surface area contributed by atoms with Crippen LogP contribution in [0.15, 0.2) is 36.4 Å². The predicted molar refractivity (Wildman–Crippen MR) is 98.1 cm³/mol. The van der Waals surface area contributed by atoms with Crippen LogP contribution >= 0.6 is 0 Å². The van der Waals surface area contributed by atoms with Crippen molar-refractivity contribution in [1.82, 2.24) is 9.97 Å². The molecular weight excluding hydrogens is 334 g/mol. The molecule has 0 radical (unpaired) electrons. The molecule has 132 valence electrons. The standard InChI is InChI=1S/C18H17N5O3/c19-13-6-4-11(8-16(13)23(25)26)18(24)20-12-5-7-14-15(9-12)22-17(21-14)10-2-1-3-10/h4-10H,1-3,19H2,(H,20,24)(H,21,22). The van der Waals surface area contributed by atoms with Crippen molar-refractivity contribution in [1.29, 1.82) is 0 Å². The van der Waals surface area contributed by atoms with Crippen LogP contribution in [-0.2, 0) is 0 Å². The lowest BCUT2D eigenvalue weighted by Gasteiger charge is -2.22. The van der Waals surface area contributed by atoms with Gasteiger partial charge in [0.05, 0.1) is 16.0 Å². The minimum atomic E-state index is -0.606. The molecule has 0 saturated heterocycles. The van der Waals surface area contributed by atoms with Crippen molar-refractivity contribution >= 4 is 34.0 Å². The molecule has 0 unspecified atom stereocenters. The number of imidazole rings is 1. The Bertz CT molecular complexity index is 1020. The quantitative estimate of drug-likeness (QED) is 0.376. The minimum absolute atomic E-state index is 0.0222. The molecule has 1 aliphatic carbocycles. The van der Waals surface area contributed by atoms with E-state index in [0.29, 0.717) is 11.6 Å². The molecule has 0 aliphatic heterocycles. The zero-order valence-electron chi connectivity index (χ0n) is 13.9. The number of amides is 1. The van der Waals surface area contributed by atoms with Gasteiger partial charge in [-0.05, 0) is 43.2 Å². The Hall–Kier alpha value is -3.42. The van der Waals surface area contributed by atoms with Gasteiger partial charge in [0.2, 0.25) is 0 Å². The van der Waals surface area contributed by atoms with Gasteiger partial charge in [-0.3, -0.25) is 14.9 Å². The van der Waals surface area contributed by atoms with Gasteiger partial charge in [0, 0.05) is 23.2 Å². The Morgan fingerprint density at radius 2 is 2.08 bits per heavy atom. The van der Waals surface area contributed by atoms with Gasteiger partial charge in [0.1, 0.15) is 11.5 Å². The lowest BCUT2D eigenvalue weighted by atomic mass is 9.85. The average Bonchev–Trinajstić information content (AvgIpc) is 2.95. The smallest absolute Gasteiger partial charge is 0.292 e. The Morgan fingerprint density at radius 1 is 1.27 bits per heavy atom. The molecule has 1 amide bonds. The summed E-state index contributed by atoms with van der Waals surface area (Å²) >= 11 is 0. The first kappa shape index (κ1) is 16.1. The van der Waals surface area contributed by atoms with E-state index in [1.807, 2.05) is 12.1 Å². The number of nitrogens with zero attached hydrogens (tertiary/aromatic N) is 2. The van der Waals surface area contributed by atoms with E-state index < -0.39 is 10.8 Å². The molecule has 1 aromatic heterocycles. The minimum Gasteiger partial charge on any atom is -0.393 e. The van der Waals surface area contributed by atoms with Gasteiger partial charge in [-0.15, -0.1) is 0 Å². The number of nitrogens with two attached hydrogens (primary N) is 1. The highest BCUT2D eigenvalue weighted by molar-refractivity contribution is 6.05. The Morgan fingerprint density at radius 3 is 2.77 bits per heavy atom. The number of benzene rings is 2. The van der Waals surface area contributed by atoms with E-state index in [1.54, 1.807) is 6.07 Å². The highest BCUT2D eigenvalue weighted by atomic mass is 16.6. The molecule has 8 heteroatoms. The number of hydrogen-bond donors (Lipinski definition) is 3. The number of carbonyl (C=O) groups excluding carboxylic acids is 1. The van der Waals surface area contributed by atoms with Crippen molar-refractivity contribution in [3.8, 4) is 0 Å². The van der Waals surface area contributed by atoms with Crippen molar-refractivity contribution in [2.45, 2.75) is 25.2 Å². The van der Waals surface area contributed by atoms with Crippen molar-refractivity contribution in [2.75, 3.05) is 11.1 Å². The lowest BCUT2D eigenvalue weighted by Crippen LogP contribution is -2.12. The first-order valence-corrected chi connectivity index (χ1v) is 8.36. The monoisotopic (exact) mass is 351 g/mol. The molecule has 1 heterocycles. The molecule has 4 rings (SSSR count). The van der Waals surface area contributed by atoms with Crippen LogP contribution in [0.25, 0.3) is 11.0 Å². The van der Waals surface area contributed by atoms with Crippen LogP contribution in [0.3, 0.4) is 0 Å². The summed E-state index contributed by atoms with van der Waals surface area (Å²) in [5, 5.41) is 13.7. The molecule has 4 N–H and O–H groups in total. The third-order valence-corrected chi connectivity index (χ3v) is 4.74. The second-order valence-corrected chi connectivity index (χ2v) is 6.47. The Labute approximate surface area is 148 Å². The number of fused-ring (bicyclic) bond motifs is 1. The summed E-state index contributed by atoms with van der Waals surface area (Å²) in [4.78, 5) is 30.7. The first-order valence-electron chi connectivity index (χ1n) is 8.36. The van der Waals surface area contributed by atoms with Gasteiger partial charge < -0.3 is 16.0 Å². The number of nitro benzene ring substituents is 1. The van der Waals surface area contributed by atoms with Crippen LogP contribution in [0.2, 0.25) is 0 Å². The van der Waals surface area contributed by atoms with Crippen LogP contribution < -0.4 is 11.1 Å². The van der Waals surface area contributed by atoms with Crippen LogP contribution in [0, 0.1) is 10.1 Å². The number of aromatic amines is 1. The number of nitrogens with one attached hydrogen (secondary N) is 2. The third kappa shape index (κ3) is 2.85. The number of rotatable bonds is 4. The van der Waals surface area contributed by atoms with Gasteiger partial charge in [-0.2, -0.15) is 0 Å². The number of hydrogen-bond acceptors (Lipinski definition) is 5.